The molecule has 0 atom stereocenters. The molecular weight excluding hydrogens is 686 g/mol. The summed E-state index contributed by atoms with van der Waals surface area (Å²) >= 11 is 1.38. The average molecular weight is 719 g/mol. The highest BCUT2D eigenvalue weighted by molar-refractivity contribution is 7.93. The topological polar surface area (TPSA) is 134 Å². The molecule has 0 radical (unpaired) electrons. The Bertz CT molecular complexity index is 2100. The molecule has 4 aromatic rings. The number of sulfone groups is 1. The first-order valence-corrected chi connectivity index (χ1v) is 19.5. The van der Waals surface area contributed by atoms with Gasteiger partial charge >= 0.3 is 0 Å². The van der Waals surface area contributed by atoms with Crippen LogP contribution in [0.15, 0.2) is 53.6 Å². The molecule has 2 aromatic heterocycles. The highest BCUT2D eigenvalue weighted by Crippen LogP contribution is 2.51. The third-order valence-electron chi connectivity index (χ3n) is 9.55. The first-order valence-electron chi connectivity index (χ1n) is 15.4. The molecule has 10 nitrogen and oxygen atoms in total. The van der Waals surface area contributed by atoms with Gasteiger partial charge in [-0.25, -0.2) is 45.0 Å². The van der Waals surface area contributed by atoms with E-state index in [4.69, 9.17) is 9.97 Å². The second kappa shape index (κ2) is 11.8. The van der Waals surface area contributed by atoms with Gasteiger partial charge in [0, 0.05) is 28.6 Å². The van der Waals surface area contributed by atoms with Crippen LogP contribution in [-0.2, 0) is 25.3 Å². The Morgan fingerprint density at radius 2 is 1.65 bits per heavy atom. The number of aromatic nitrogens is 3. The Hall–Kier alpha value is -3.60. The fourth-order valence-corrected chi connectivity index (χ4v) is 11.6. The molecule has 7 rings (SSSR count). The Kier molecular flexibility index (Phi) is 8.08. The van der Waals surface area contributed by atoms with Crippen molar-refractivity contribution in [3.63, 3.8) is 0 Å². The maximum absolute atomic E-state index is 16.3. The first kappa shape index (κ1) is 32.9. The molecular formula is C32H33F3N6O4S3. The molecule has 2 saturated heterocycles. The van der Waals surface area contributed by atoms with E-state index in [0.29, 0.717) is 29.4 Å². The van der Waals surface area contributed by atoms with E-state index in [0.717, 1.165) is 49.1 Å². The lowest BCUT2D eigenvalue weighted by Crippen LogP contribution is -2.60. The number of likely N-dealkylation sites (tertiary alicyclic amines) is 1. The average Bonchev–Trinajstić information content (AvgIpc) is 3.44. The number of benzene rings is 2. The van der Waals surface area contributed by atoms with Crippen LogP contribution in [0.3, 0.4) is 0 Å². The zero-order valence-electron chi connectivity index (χ0n) is 26.1. The summed E-state index contributed by atoms with van der Waals surface area (Å²) in [7, 11) is -5.72. The Morgan fingerprint density at radius 3 is 2.31 bits per heavy atom. The van der Waals surface area contributed by atoms with Crippen LogP contribution in [0, 0.1) is 22.9 Å². The van der Waals surface area contributed by atoms with E-state index in [1.807, 2.05) is 4.72 Å². The Morgan fingerprint density at radius 1 is 0.979 bits per heavy atom. The van der Waals surface area contributed by atoms with Gasteiger partial charge in [0.15, 0.2) is 20.5 Å². The predicted molar refractivity (Wildman–Crippen MR) is 178 cm³/mol. The fraction of sp³-hybridized carbons (Fsp3) is 0.406. The number of sulfonamides is 1. The lowest BCUT2D eigenvalue weighted by molar-refractivity contribution is 0.153. The van der Waals surface area contributed by atoms with Gasteiger partial charge in [0.05, 0.1) is 38.5 Å². The molecule has 0 unspecified atom stereocenters. The van der Waals surface area contributed by atoms with Gasteiger partial charge in [0.2, 0.25) is 5.95 Å². The number of hydrogen-bond acceptors (Lipinski definition) is 10. The second-order valence-electron chi connectivity index (χ2n) is 13.4. The smallest absolute Gasteiger partial charge is 0.267 e. The van der Waals surface area contributed by atoms with E-state index < -0.39 is 47.9 Å². The maximum Gasteiger partial charge on any atom is 0.267 e. The summed E-state index contributed by atoms with van der Waals surface area (Å²) in [6.45, 7) is 3.83. The normalized spacial score (nSPS) is 20.2. The number of thiazole rings is 1. The van der Waals surface area contributed by atoms with Gasteiger partial charge < -0.3 is 10.2 Å². The van der Waals surface area contributed by atoms with Crippen LogP contribution >= 0.6 is 11.3 Å². The second-order valence-corrected chi connectivity index (χ2v) is 18.1. The fourth-order valence-electron chi connectivity index (χ4n) is 6.94. The van der Waals surface area contributed by atoms with Gasteiger partial charge in [0.1, 0.15) is 11.6 Å². The molecule has 254 valence electrons. The highest BCUT2D eigenvalue weighted by atomic mass is 32.2. The van der Waals surface area contributed by atoms with Crippen LogP contribution in [0.1, 0.15) is 37.6 Å². The number of nitrogens with one attached hydrogen (secondary N) is 2. The first-order chi connectivity index (χ1) is 22.7. The van der Waals surface area contributed by atoms with Gasteiger partial charge in [-0.1, -0.05) is 19.1 Å². The van der Waals surface area contributed by atoms with Crippen LogP contribution in [0.4, 0.5) is 24.8 Å². The minimum absolute atomic E-state index is 0.0153. The van der Waals surface area contributed by atoms with Crippen molar-refractivity contribution in [2.24, 2.45) is 5.41 Å². The number of piperidine rings is 1. The third-order valence-corrected chi connectivity index (χ3v) is 14.5. The number of nitrogens with zero attached hydrogens (tertiary/aromatic N) is 4. The van der Waals surface area contributed by atoms with Crippen molar-refractivity contribution >= 4 is 42.8 Å². The van der Waals surface area contributed by atoms with Crippen molar-refractivity contribution in [3.05, 3.63) is 71.1 Å². The van der Waals surface area contributed by atoms with E-state index in [2.05, 4.69) is 29.2 Å². The van der Waals surface area contributed by atoms with Crippen molar-refractivity contribution in [2.75, 3.05) is 41.7 Å². The maximum atomic E-state index is 16.3. The quantitative estimate of drug-likeness (QED) is 0.244. The van der Waals surface area contributed by atoms with Crippen LogP contribution < -0.4 is 10.0 Å². The van der Waals surface area contributed by atoms with Crippen molar-refractivity contribution in [1.82, 2.24) is 19.9 Å². The molecule has 2 aliphatic heterocycles. The summed E-state index contributed by atoms with van der Waals surface area (Å²) in [5, 5.41) is 4.08. The molecule has 16 heteroatoms. The van der Waals surface area contributed by atoms with Gasteiger partial charge in [-0.2, -0.15) is 0 Å². The summed E-state index contributed by atoms with van der Waals surface area (Å²) in [6.07, 6.45) is 4.63. The Balaban J connectivity index is 1.24. The number of halogens is 3. The molecule has 1 spiro atoms. The standard InChI is InChI=1S/C32H33F3N6O4S3/c1-31(10-13-41(2)14-11-31)29-39-26(20-5-3-8-23(25(20)35)40-48(44,45)28-21(33)6-4-7-22(28)34)27(46-29)24-9-12-36-30(38-24)37-19-15-32(16-19)17-47(42,43)18-32/h3-9,12,19,40H,10-11,13-18H2,1-2H3,(H,36,37,38). The molecule has 1 aliphatic carbocycles. The van der Waals surface area contributed by atoms with Gasteiger partial charge in [-0.3, -0.25) is 4.72 Å². The molecule has 3 aliphatic rings. The lowest BCUT2D eigenvalue weighted by Gasteiger charge is -2.53. The van der Waals surface area contributed by atoms with Gasteiger partial charge in [-0.15, -0.1) is 11.3 Å². The van der Waals surface area contributed by atoms with E-state index in [1.54, 1.807) is 12.3 Å². The van der Waals surface area contributed by atoms with E-state index in [-0.39, 0.29) is 39.6 Å². The predicted octanol–water partition coefficient (Wildman–Crippen LogP) is 5.46. The Labute approximate surface area is 280 Å². The van der Waals surface area contributed by atoms with Crippen molar-refractivity contribution < 1.29 is 30.0 Å². The third kappa shape index (κ3) is 6.07. The molecule has 2 aromatic carbocycles. The van der Waals surface area contributed by atoms with Crippen molar-refractivity contribution in [1.29, 1.82) is 0 Å². The van der Waals surface area contributed by atoms with Crippen molar-refractivity contribution in [3.8, 4) is 21.8 Å². The molecule has 0 amide bonds. The van der Waals surface area contributed by atoms with E-state index in [9.17, 15) is 25.6 Å². The van der Waals surface area contributed by atoms with Crippen LogP contribution in [0.25, 0.3) is 21.8 Å². The summed E-state index contributed by atoms with van der Waals surface area (Å²) < 4.78 is 96.7. The minimum Gasteiger partial charge on any atom is -0.351 e. The monoisotopic (exact) mass is 718 g/mol. The number of rotatable bonds is 8. The van der Waals surface area contributed by atoms with Crippen LogP contribution in [0.2, 0.25) is 0 Å². The molecule has 4 heterocycles. The minimum atomic E-state index is -4.84. The lowest BCUT2D eigenvalue weighted by atomic mass is 9.67. The summed E-state index contributed by atoms with van der Waals surface area (Å²) in [5.41, 5.74) is -0.264. The number of anilines is 2. The summed E-state index contributed by atoms with van der Waals surface area (Å²) in [5.74, 6) is -2.82. The molecule has 0 bridgehead atoms. The van der Waals surface area contributed by atoms with E-state index in [1.165, 1.54) is 29.5 Å². The molecule has 3 fully saturated rings. The summed E-state index contributed by atoms with van der Waals surface area (Å²) in [4.78, 5) is 15.6. The molecule has 48 heavy (non-hydrogen) atoms. The molecule has 2 N–H and O–H groups in total. The zero-order valence-corrected chi connectivity index (χ0v) is 28.6. The highest BCUT2D eigenvalue weighted by Gasteiger charge is 2.56. The van der Waals surface area contributed by atoms with E-state index >= 15 is 4.39 Å². The SMILES string of the molecule is CN1CCC(C)(c2nc(-c3cccc(NS(=O)(=O)c4c(F)cccc4F)c3F)c(-c3ccnc(NC4CC5(C4)CS(=O)(=O)C5)n3)s2)CC1. The van der Waals surface area contributed by atoms with Gasteiger partial charge in [0.25, 0.3) is 10.0 Å². The zero-order chi connectivity index (χ0) is 34.1. The molecule has 1 saturated carbocycles. The van der Waals surface area contributed by atoms with Crippen molar-refractivity contribution in [2.45, 2.75) is 49.0 Å². The van der Waals surface area contributed by atoms with Crippen LogP contribution in [0.5, 0.6) is 0 Å². The van der Waals surface area contributed by atoms with Crippen LogP contribution in [-0.4, -0.2) is 74.4 Å². The number of hydrogen-bond donors (Lipinski definition) is 2. The van der Waals surface area contributed by atoms with Gasteiger partial charge in [-0.05, 0) is 76.2 Å². The largest absolute Gasteiger partial charge is 0.351 e. The summed E-state index contributed by atoms with van der Waals surface area (Å²) in [6, 6.07) is 8.44.